The van der Waals surface area contributed by atoms with Crippen molar-refractivity contribution in [2.75, 3.05) is 31.1 Å². The molecular weight excluding hydrogens is 387 g/mol. The molecule has 27 heavy (non-hydrogen) atoms. The van der Waals surface area contributed by atoms with Crippen LogP contribution in [0.3, 0.4) is 0 Å². The SMILES string of the molecule is CCN(CC1CCN(c2ccccn2)CC1)C(=O)c1coc(CN)c1.Cl.Cl. The molecule has 1 fully saturated rings. The van der Waals surface area contributed by atoms with Gasteiger partial charge in [0.1, 0.15) is 17.8 Å². The van der Waals surface area contributed by atoms with Crippen LogP contribution in [0.2, 0.25) is 0 Å². The molecule has 1 aliphatic heterocycles. The van der Waals surface area contributed by atoms with Crippen LogP contribution in [0, 0.1) is 5.92 Å². The summed E-state index contributed by atoms with van der Waals surface area (Å²) in [6.45, 7) is 5.78. The van der Waals surface area contributed by atoms with E-state index in [0.29, 0.717) is 30.3 Å². The number of nitrogens with zero attached hydrogens (tertiary/aromatic N) is 3. The Morgan fingerprint density at radius 3 is 2.63 bits per heavy atom. The van der Waals surface area contributed by atoms with Gasteiger partial charge in [-0.2, -0.15) is 0 Å². The molecule has 3 rings (SSSR count). The molecule has 3 heterocycles. The molecule has 6 nitrogen and oxygen atoms in total. The normalized spacial score (nSPS) is 14.2. The molecule has 1 saturated heterocycles. The Kier molecular flexibility index (Phi) is 9.63. The van der Waals surface area contributed by atoms with E-state index in [9.17, 15) is 4.79 Å². The van der Waals surface area contributed by atoms with Gasteiger partial charge in [0.25, 0.3) is 5.91 Å². The van der Waals surface area contributed by atoms with Crippen LogP contribution in [-0.4, -0.2) is 42.0 Å². The third kappa shape index (κ3) is 5.86. The molecule has 0 saturated carbocycles. The first kappa shape index (κ1) is 23.3. The molecule has 2 aromatic rings. The highest BCUT2D eigenvalue weighted by atomic mass is 35.5. The molecule has 0 atom stereocenters. The van der Waals surface area contributed by atoms with Crippen molar-refractivity contribution in [3.05, 3.63) is 48.0 Å². The summed E-state index contributed by atoms with van der Waals surface area (Å²) in [6.07, 6.45) is 5.48. The predicted octanol–water partition coefficient (Wildman–Crippen LogP) is 3.36. The molecule has 0 unspecified atom stereocenters. The number of piperidine rings is 1. The molecular formula is C19H28Cl2N4O2. The number of hydrogen-bond acceptors (Lipinski definition) is 5. The van der Waals surface area contributed by atoms with Crippen molar-refractivity contribution < 1.29 is 9.21 Å². The third-order valence-corrected chi connectivity index (χ3v) is 4.84. The van der Waals surface area contributed by atoms with Crippen LogP contribution in [0.4, 0.5) is 5.82 Å². The zero-order chi connectivity index (χ0) is 17.6. The van der Waals surface area contributed by atoms with Gasteiger partial charge >= 0.3 is 0 Å². The summed E-state index contributed by atoms with van der Waals surface area (Å²) >= 11 is 0. The lowest BCUT2D eigenvalue weighted by Crippen LogP contribution is -2.41. The summed E-state index contributed by atoms with van der Waals surface area (Å²) < 4.78 is 5.30. The monoisotopic (exact) mass is 414 g/mol. The quantitative estimate of drug-likeness (QED) is 0.783. The Bertz CT molecular complexity index is 688. The van der Waals surface area contributed by atoms with Gasteiger partial charge in [-0.05, 0) is 43.9 Å². The number of carbonyl (C=O) groups excluding carboxylic acids is 1. The van der Waals surface area contributed by atoms with E-state index < -0.39 is 0 Å². The van der Waals surface area contributed by atoms with E-state index in [0.717, 1.165) is 38.3 Å². The number of aromatic nitrogens is 1. The maximum atomic E-state index is 12.7. The molecule has 2 aromatic heterocycles. The van der Waals surface area contributed by atoms with Crippen molar-refractivity contribution >= 4 is 36.5 Å². The predicted molar refractivity (Wildman–Crippen MR) is 112 cm³/mol. The molecule has 150 valence electrons. The summed E-state index contributed by atoms with van der Waals surface area (Å²) in [5.41, 5.74) is 6.14. The largest absolute Gasteiger partial charge is 0.467 e. The highest BCUT2D eigenvalue weighted by Gasteiger charge is 2.24. The first-order chi connectivity index (χ1) is 12.2. The maximum absolute atomic E-state index is 12.7. The average molecular weight is 415 g/mol. The Balaban J connectivity index is 0.00000182. The van der Waals surface area contributed by atoms with Gasteiger partial charge in [-0.3, -0.25) is 4.79 Å². The van der Waals surface area contributed by atoms with E-state index in [1.54, 1.807) is 6.07 Å². The fourth-order valence-electron chi connectivity index (χ4n) is 3.34. The Morgan fingerprint density at radius 1 is 1.33 bits per heavy atom. The highest BCUT2D eigenvalue weighted by Crippen LogP contribution is 2.23. The van der Waals surface area contributed by atoms with E-state index in [-0.39, 0.29) is 30.7 Å². The molecule has 2 N–H and O–H groups in total. The van der Waals surface area contributed by atoms with E-state index in [2.05, 4.69) is 16.0 Å². The molecule has 0 bridgehead atoms. The molecule has 0 aliphatic carbocycles. The minimum Gasteiger partial charge on any atom is -0.467 e. The van der Waals surface area contributed by atoms with Crippen LogP contribution in [0.15, 0.2) is 41.1 Å². The van der Waals surface area contributed by atoms with Crippen LogP contribution in [0.5, 0.6) is 0 Å². The van der Waals surface area contributed by atoms with Crippen molar-refractivity contribution in [1.82, 2.24) is 9.88 Å². The van der Waals surface area contributed by atoms with Crippen LogP contribution in [0.1, 0.15) is 35.9 Å². The number of anilines is 1. The lowest BCUT2D eigenvalue weighted by atomic mass is 9.96. The summed E-state index contributed by atoms with van der Waals surface area (Å²) in [7, 11) is 0. The van der Waals surface area contributed by atoms with E-state index in [1.165, 1.54) is 6.26 Å². The number of nitrogens with two attached hydrogens (primary N) is 1. The minimum atomic E-state index is 0. The molecule has 0 aromatic carbocycles. The highest BCUT2D eigenvalue weighted by molar-refractivity contribution is 5.94. The maximum Gasteiger partial charge on any atom is 0.257 e. The fraction of sp³-hybridized carbons (Fsp3) is 0.474. The summed E-state index contributed by atoms with van der Waals surface area (Å²) in [4.78, 5) is 21.3. The van der Waals surface area contributed by atoms with Crippen molar-refractivity contribution in [2.24, 2.45) is 11.7 Å². The molecule has 1 aliphatic rings. The van der Waals surface area contributed by atoms with Crippen molar-refractivity contribution in [3.63, 3.8) is 0 Å². The first-order valence-corrected chi connectivity index (χ1v) is 8.94. The molecule has 0 spiro atoms. The number of rotatable bonds is 6. The Labute approximate surface area is 172 Å². The van der Waals surface area contributed by atoms with Gasteiger partial charge in [-0.15, -0.1) is 24.8 Å². The van der Waals surface area contributed by atoms with Crippen molar-refractivity contribution in [1.29, 1.82) is 0 Å². The van der Waals surface area contributed by atoms with E-state index in [1.807, 2.05) is 30.2 Å². The fourth-order valence-corrected chi connectivity index (χ4v) is 3.34. The van der Waals surface area contributed by atoms with E-state index >= 15 is 0 Å². The topological polar surface area (TPSA) is 75.6 Å². The second kappa shape index (κ2) is 11.2. The van der Waals surface area contributed by atoms with Gasteiger partial charge in [0.15, 0.2) is 0 Å². The number of amides is 1. The lowest BCUT2D eigenvalue weighted by Gasteiger charge is -2.35. The smallest absolute Gasteiger partial charge is 0.257 e. The number of hydrogen-bond donors (Lipinski definition) is 1. The van der Waals surface area contributed by atoms with Gasteiger partial charge < -0.3 is 20.0 Å². The van der Waals surface area contributed by atoms with Crippen LogP contribution < -0.4 is 10.6 Å². The lowest BCUT2D eigenvalue weighted by molar-refractivity contribution is 0.0728. The summed E-state index contributed by atoms with van der Waals surface area (Å²) in [6, 6.07) is 7.75. The van der Waals surface area contributed by atoms with Gasteiger partial charge in [0.05, 0.1) is 12.1 Å². The molecule has 0 radical (unpaired) electrons. The second-order valence-electron chi connectivity index (χ2n) is 6.47. The first-order valence-electron chi connectivity index (χ1n) is 8.94. The number of carbonyl (C=O) groups is 1. The summed E-state index contributed by atoms with van der Waals surface area (Å²) in [5.74, 6) is 2.23. The molecule has 1 amide bonds. The minimum absolute atomic E-state index is 0. The van der Waals surface area contributed by atoms with Gasteiger partial charge in [-0.1, -0.05) is 6.07 Å². The van der Waals surface area contributed by atoms with Crippen molar-refractivity contribution in [2.45, 2.75) is 26.3 Å². The molecule has 8 heteroatoms. The second-order valence-corrected chi connectivity index (χ2v) is 6.47. The zero-order valence-electron chi connectivity index (χ0n) is 15.5. The van der Waals surface area contributed by atoms with Gasteiger partial charge in [0, 0.05) is 32.4 Å². The van der Waals surface area contributed by atoms with Gasteiger partial charge in [-0.25, -0.2) is 4.98 Å². The Hall–Kier alpha value is -1.76. The Morgan fingerprint density at radius 2 is 2.07 bits per heavy atom. The van der Waals surface area contributed by atoms with Crippen molar-refractivity contribution in [3.8, 4) is 0 Å². The summed E-state index contributed by atoms with van der Waals surface area (Å²) in [5, 5.41) is 0. The third-order valence-electron chi connectivity index (χ3n) is 4.84. The van der Waals surface area contributed by atoms with Crippen LogP contribution >= 0.6 is 24.8 Å². The average Bonchev–Trinajstić information content (AvgIpc) is 3.16. The number of pyridine rings is 1. The van der Waals surface area contributed by atoms with Crippen LogP contribution in [-0.2, 0) is 6.54 Å². The van der Waals surface area contributed by atoms with Gasteiger partial charge in [0.2, 0.25) is 0 Å². The van der Waals surface area contributed by atoms with Crippen LogP contribution in [0.25, 0.3) is 0 Å². The zero-order valence-corrected chi connectivity index (χ0v) is 17.2. The van der Waals surface area contributed by atoms with E-state index in [4.69, 9.17) is 10.2 Å². The number of furan rings is 1. The standard InChI is InChI=1S/C19H26N4O2.2ClH/c1-2-22(19(24)16-11-17(12-20)25-14-16)13-15-6-9-23(10-7-15)18-5-3-4-8-21-18;;/h3-5,8,11,14-15H,2,6-7,9-10,12-13,20H2,1H3;2*1H. The number of halogens is 2.